The molecular weight excluding hydrogens is 380 g/mol. The Hall–Kier alpha value is -2.73. The van der Waals surface area contributed by atoms with Crippen LogP contribution in [0.25, 0.3) is 0 Å². The first-order valence-electron chi connectivity index (χ1n) is 10.4. The molecule has 1 heterocycles. The summed E-state index contributed by atoms with van der Waals surface area (Å²) in [4.78, 5) is 14.6. The normalized spacial score (nSPS) is 17.0. The number of hydrogen-bond acceptors (Lipinski definition) is 5. The highest BCUT2D eigenvalue weighted by Crippen LogP contribution is 2.40. The van der Waals surface area contributed by atoms with Crippen molar-refractivity contribution < 1.29 is 19.0 Å². The molecule has 1 amide bonds. The first-order valence-corrected chi connectivity index (χ1v) is 10.4. The molecule has 0 saturated heterocycles. The number of nitrogens with one attached hydrogen (secondary N) is 1. The third-order valence-corrected chi connectivity index (χ3v) is 5.75. The van der Waals surface area contributed by atoms with Gasteiger partial charge in [0, 0.05) is 25.6 Å². The van der Waals surface area contributed by atoms with Crippen molar-refractivity contribution in [2.24, 2.45) is 0 Å². The lowest BCUT2D eigenvalue weighted by molar-refractivity contribution is -0.121. The SMILES string of the molecule is CCC(=O)NC(C)C1c2cc(OC)c(OC)cc2CCN1Cc1ccc(OC)cc1. The third-order valence-electron chi connectivity index (χ3n) is 5.75. The molecule has 6 heteroatoms. The molecular formula is C24H32N2O4. The van der Waals surface area contributed by atoms with Crippen LogP contribution in [0.4, 0.5) is 0 Å². The number of rotatable bonds is 8. The van der Waals surface area contributed by atoms with E-state index in [2.05, 4.69) is 41.4 Å². The zero-order valence-electron chi connectivity index (χ0n) is 18.5. The van der Waals surface area contributed by atoms with E-state index in [1.807, 2.05) is 19.1 Å². The number of amides is 1. The van der Waals surface area contributed by atoms with Gasteiger partial charge >= 0.3 is 0 Å². The molecule has 2 unspecified atom stereocenters. The van der Waals surface area contributed by atoms with E-state index in [4.69, 9.17) is 14.2 Å². The summed E-state index contributed by atoms with van der Waals surface area (Å²) < 4.78 is 16.4. The molecule has 0 radical (unpaired) electrons. The van der Waals surface area contributed by atoms with E-state index in [9.17, 15) is 4.79 Å². The Morgan fingerprint density at radius 2 is 1.77 bits per heavy atom. The van der Waals surface area contributed by atoms with E-state index in [0.29, 0.717) is 12.2 Å². The molecule has 0 spiro atoms. The van der Waals surface area contributed by atoms with Crippen molar-refractivity contribution in [2.75, 3.05) is 27.9 Å². The van der Waals surface area contributed by atoms with Gasteiger partial charge in [-0.15, -0.1) is 0 Å². The Bertz CT molecular complexity index is 866. The van der Waals surface area contributed by atoms with Crippen molar-refractivity contribution in [3.05, 3.63) is 53.1 Å². The number of nitrogens with zero attached hydrogens (tertiary/aromatic N) is 1. The van der Waals surface area contributed by atoms with Gasteiger partial charge in [0.1, 0.15) is 5.75 Å². The summed E-state index contributed by atoms with van der Waals surface area (Å²) in [7, 11) is 4.98. The minimum absolute atomic E-state index is 0.0335. The molecule has 1 aliphatic heterocycles. The summed E-state index contributed by atoms with van der Waals surface area (Å²) in [6.45, 7) is 5.63. The zero-order chi connectivity index (χ0) is 21.7. The number of fused-ring (bicyclic) bond motifs is 1. The van der Waals surface area contributed by atoms with Crippen LogP contribution in [0.2, 0.25) is 0 Å². The lowest BCUT2D eigenvalue weighted by Crippen LogP contribution is -2.47. The van der Waals surface area contributed by atoms with Crippen LogP contribution in [0.3, 0.4) is 0 Å². The number of hydrogen-bond donors (Lipinski definition) is 1. The zero-order valence-corrected chi connectivity index (χ0v) is 18.5. The van der Waals surface area contributed by atoms with E-state index < -0.39 is 0 Å². The average Bonchev–Trinajstić information content (AvgIpc) is 2.78. The molecule has 162 valence electrons. The van der Waals surface area contributed by atoms with Crippen molar-refractivity contribution in [1.82, 2.24) is 10.2 Å². The molecule has 0 saturated carbocycles. The predicted molar refractivity (Wildman–Crippen MR) is 117 cm³/mol. The summed E-state index contributed by atoms with van der Waals surface area (Å²) in [6, 6.07) is 12.3. The second-order valence-corrected chi connectivity index (χ2v) is 7.63. The summed E-state index contributed by atoms with van der Waals surface area (Å²) in [5.74, 6) is 2.35. The van der Waals surface area contributed by atoms with E-state index >= 15 is 0 Å². The summed E-state index contributed by atoms with van der Waals surface area (Å²) in [5.41, 5.74) is 3.62. The van der Waals surface area contributed by atoms with Gasteiger partial charge in [-0.1, -0.05) is 19.1 Å². The predicted octanol–water partition coefficient (Wildman–Crippen LogP) is 3.73. The second-order valence-electron chi connectivity index (χ2n) is 7.63. The number of ether oxygens (including phenoxy) is 3. The lowest BCUT2D eigenvalue weighted by atomic mass is 9.87. The van der Waals surface area contributed by atoms with Gasteiger partial charge in [-0.25, -0.2) is 0 Å². The number of carbonyl (C=O) groups is 1. The summed E-state index contributed by atoms with van der Waals surface area (Å²) in [5, 5.41) is 3.17. The maximum absolute atomic E-state index is 12.1. The van der Waals surface area contributed by atoms with Crippen molar-refractivity contribution in [3.8, 4) is 17.2 Å². The summed E-state index contributed by atoms with van der Waals surface area (Å²) >= 11 is 0. The molecule has 1 N–H and O–H groups in total. The number of benzene rings is 2. The highest BCUT2D eigenvalue weighted by atomic mass is 16.5. The number of carbonyl (C=O) groups excluding carboxylic acids is 1. The number of methoxy groups -OCH3 is 3. The fourth-order valence-corrected chi connectivity index (χ4v) is 4.19. The average molecular weight is 413 g/mol. The molecule has 3 rings (SSSR count). The van der Waals surface area contributed by atoms with Crippen molar-refractivity contribution in [2.45, 2.75) is 45.3 Å². The Kier molecular flexibility index (Phi) is 7.21. The molecule has 0 bridgehead atoms. The standard InChI is InChI=1S/C24H32N2O4/c1-6-23(27)25-16(2)24-20-14-22(30-5)21(29-4)13-18(20)11-12-26(24)15-17-7-9-19(28-3)10-8-17/h7-10,13-14,16,24H,6,11-12,15H2,1-5H3,(H,25,27). The van der Waals surface area contributed by atoms with Crippen molar-refractivity contribution in [3.63, 3.8) is 0 Å². The molecule has 1 aliphatic rings. The van der Waals surface area contributed by atoms with Gasteiger partial charge in [-0.3, -0.25) is 9.69 Å². The van der Waals surface area contributed by atoms with Gasteiger partial charge in [-0.05, 0) is 54.3 Å². The molecule has 6 nitrogen and oxygen atoms in total. The molecule has 2 aromatic carbocycles. The van der Waals surface area contributed by atoms with Crippen LogP contribution in [0, 0.1) is 0 Å². The molecule has 0 aliphatic carbocycles. The monoisotopic (exact) mass is 412 g/mol. The van der Waals surface area contributed by atoms with Crippen LogP contribution in [-0.4, -0.2) is 44.7 Å². The van der Waals surface area contributed by atoms with Crippen LogP contribution < -0.4 is 19.5 Å². The van der Waals surface area contributed by atoms with E-state index in [1.54, 1.807) is 21.3 Å². The van der Waals surface area contributed by atoms with Gasteiger partial charge in [0.2, 0.25) is 5.91 Å². The minimum atomic E-state index is -0.0483. The fourth-order valence-electron chi connectivity index (χ4n) is 4.19. The van der Waals surface area contributed by atoms with Gasteiger partial charge in [0.15, 0.2) is 11.5 Å². The highest BCUT2D eigenvalue weighted by molar-refractivity contribution is 5.76. The van der Waals surface area contributed by atoms with Gasteiger partial charge < -0.3 is 19.5 Å². The summed E-state index contributed by atoms with van der Waals surface area (Å²) in [6.07, 6.45) is 1.38. The topological polar surface area (TPSA) is 60.0 Å². The van der Waals surface area contributed by atoms with Crippen molar-refractivity contribution >= 4 is 5.91 Å². The van der Waals surface area contributed by atoms with Crippen LogP contribution in [0.15, 0.2) is 36.4 Å². The third kappa shape index (κ3) is 4.70. The maximum Gasteiger partial charge on any atom is 0.219 e. The quantitative estimate of drug-likeness (QED) is 0.716. The fraction of sp³-hybridized carbons (Fsp3) is 0.458. The Morgan fingerprint density at radius 3 is 2.37 bits per heavy atom. The minimum Gasteiger partial charge on any atom is -0.497 e. The van der Waals surface area contributed by atoms with Crippen LogP contribution in [-0.2, 0) is 17.8 Å². The molecule has 0 aromatic heterocycles. The Morgan fingerprint density at radius 1 is 1.10 bits per heavy atom. The van der Waals surface area contributed by atoms with E-state index in [-0.39, 0.29) is 18.0 Å². The Labute approximate surface area is 179 Å². The second kappa shape index (κ2) is 9.85. The first kappa shape index (κ1) is 22.0. The van der Waals surface area contributed by atoms with Crippen molar-refractivity contribution in [1.29, 1.82) is 0 Å². The van der Waals surface area contributed by atoms with Gasteiger partial charge in [-0.2, -0.15) is 0 Å². The first-order chi connectivity index (χ1) is 14.5. The molecule has 0 fully saturated rings. The van der Waals surface area contributed by atoms with Gasteiger partial charge in [0.05, 0.1) is 27.4 Å². The smallest absolute Gasteiger partial charge is 0.219 e. The molecule has 2 atom stereocenters. The highest BCUT2D eigenvalue weighted by Gasteiger charge is 2.33. The molecule has 2 aromatic rings. The lowest BCUT2D eigenvalue weighted by Gasteiger charge is -2.41. The molecule has 30 heavy (non-hydrogen) atoms. The van der Waals surface area contributed by atoms with E-state index in [1.165, 1.54) is 16.7 Å². The van der Waals surface area contributed by atoms with Gasteiger partial charge in [0.25, 0.3) is 0 Å². The van der Waals surface area contributed by atoms with E-state index in [0.717, 1.165) is 31.0 Å². The Balaban J connectivity index is 1.96. The van der Waals surface area contributed by atoms with Crippen LogP contribution >= 0.6 is 0 Å². The van der Waals surface area contributed by atoms with Crippen LogP contribution in [0.5, 0.6) is 17.2 Å². The van der Waals surface area contributed by atoms with Crippen LogP contribution in [0.1, 0.15) is 43.0 Å². The largest absolute Gasteiger partial charge is 0.497 e. The maximum atomic E-state index is 12.1.